The van der Waals surface area contributed by atoms with Gasteiger partial charge in [-0.05, 0) is 37.6 Å². The number of hydrogen-bond acceptors (Lipinski definition) is 4. The SMILES string of the molecule is Cc1ccc(C(=O)Nc2cccc3c(N4CCN(C)C4=O)c(C)cnc23)c(Cl)n1. The second kappa shape index (κ2) is 7.33. The first-order chi connectivity index (χ1) is 13.9. The first-order valence-electron chi connectivity index (χ1n) is 9.22. The molecule has 1 aromatic carbocycles. The Bertz CT molecular complexity index is 1150. The highest BCUT2D eigenvalue weighted by molar-refractivity contribution is 6.33. The van der Waals surface area contributed by atoms with E-state index >= 15 is 0 Å². The fourth-order valence-electron chi connectivity index (χ4n) is 3.51. The Morgan fingerprint density at radius 2 is 1.97 bits per heavy atom. The van der Waals surface area contributed by atoms with Crippen molar-refractivity contribution >= 4 is 45.8 Å². The number of nitrogens with zero attached hydrogens (tertiary/aromatic N) is 4. The van der Waals surface area contributed by atoms with Crippen molar-refractivity contribution in [3.63, 3.8) is 0 Å². The maximum absolute atomic E-state index is 12.8. The number of nitrogens with one attached hydrogen (secondary N) is 1. The molecule has 1 saturated heterocycles. The van der Waals surface area contributed by atoms with Crippen molar-refractivity contribution in [1.82, 2.24) is 14.9 Å². The summed E-state index contributed by atoms with van der Waals surface area (Å²) in [4.78, 5) is 37.4. The molecule has 0 atom stereocenters. The summed E-state index contributed by atoms with van der Waals surface area (Å²) in [6, 6.07) is 8.85. The van der Waals surface area contributed by atoms with Crippen molar-refractivity contribution in [3.05, 3.63) is 58.5 Å². The molecule has 8 heteroatoms. The minimum absolute atomic E-state index is 0.0486. The van der Waals surface area contributed by atoms with E-state index in [1.807, 2.05) is 26.0 Å². The number of hydrogen-bond donors (Lipinski definition) is 1. The summed E-state index contributed by atoms with van der Waals surface area (Å²) in [7, 11) is 1.78. The van der Waals surface area contributed by atoms with E-state index in [0.29, 0.717) is 24.3 Å². The van der Waals surface area contributed by atoms with Crippen LogP contribution >= 0.6 is 11.6 Å². The molecule has 3 heterocycles. The Hall–Kier alpha value is -3.19. The summed E-state index contributed by atoms with van der Waals surface area (Å²) in [5.41, 5.74) is 3.90. The van der Waals surface area contributed by atoms with Gasteiger partial charge in [-0.3, -0.25) is 14.7 Å². The summed E-state index contributed by atoms with van der Waals surface area (Å²) in [6.07, 6.45) is 1.72. The van der Waals surface area contributed by atoms with E-state index in [4.69, 9.17) is 11.6 Å². The summed E-state index contributed by atoms with van der Waals surface area (Å²) < 4.78 is 0. The molecule has 7 nitrogen and oxygen atoms in total. The number of urea groups is 1. The third-order valence-electron chi connectivity index (χ3n) is 5.02. The number of rotatable bonds is 3. The van der Waals surface area contributed by atoms with E-state index in [2.05, 4.69) is 15.3 Å². The fraction of sp³-hybridized carbons (Fsp3) is 0.238. The van der Waals surface area contributed by atoms with Crippen LogP contribution in [-0.4, -0.2) is 46.9 Å². The van der Waals surface area contributed by atoms with Gasteiger partial charge < -0.3 is 10.2 Å². The Kier molecular flexibility index (Phi) is 4.84. The Morgan fingerprint density at radius 3 is 2.66 bits per heavy atom. The smallest absolute Gasteiger partial charge is 0.324 e. The zero-order valence-electron chi connectivity index (χ0n) is 16.4. The lowest BCUT2D eigenvalue weighted by molar-refractivity contribution is 0.102. The lowest BCUT2D eigenvalue weighted by Gasteiger charge is -2.21. The van der Waals surface area contributed by atoms with Gasteiger partial charge in [-0.1, -0.05) is 23.7 Å². The van der Waals surface area contributed by atoms with Crippen molar-refractivity contribution in [1.29, 1.82) is 0 Å². The summed E-state index contributed by atoms with van der Waals surface area (Å²) in [5.74, 6) is -0.365. The van der Waals surface area contributed by atoms with Gasteiger partial charge in [-0.2, -0.15) is 0 Å². The number of para-hydroxylation sites is 1. The van der Waals surface area contributed by atoms with Crippen LogP contribution in [0.1, 0.15) is 21.6 Å². The van der Waals surface area contributed by atoms with Crippen LogP contribution in [0.2, 0.25) is 5.15 Å². The maximum Gasteiger partial charge on any atom is 0.324 e. The van der Waals surface area contributed by atoms with Crippen LogP contribution in [0, 0.1) is 13.8 Å². The Labute approximate surface area is 173 Å². The number of benzene rings is 1. The monoisotopic (exact) mass is 409 g/mol. The summed E-state index contributed by atoms with van der Waals surface area (Å²) in [5, 5.41) is 3.84. The van der Waals surface area contributed by atoms with Gasteiger partial charge in [0.2, 0.25) is 0 Å². The van der Waals surface area contributed by atoms with Gasteiger partial charge in [-0.25, -0.2) is 9.78 Å². The molecule has 0 bridgehead atoms. The molecule has 1 fully saturated rings. The third-order valence-corrected chi connectivity index (χ3v) is 5.31. The normalized spacial score (nSPS) is 14.0. The molecule has 1 aliphatic rings. The van der Waals surface area contributed by atoms with E-state index in [-0.39, 0.29) is 22.7 Å². The molecule has 0 radical (unpaired) electrons. The van der Waals surface area contributed by atoms with Crippen molar-refractivity contribution in [3.8, 4) is 0 Å². The predicted octanol–water partition coefficient (Wildman–Crippen LogP) is 4.02. The van der Waals surface area contributed by atoms with Crippen molar-refractivity contribution in [2.24, 2.45) is 0 Å². The number of fused-ring (bicyclic) bond motifs is 1. The number of anilines is 2. The van der Waals surface area contributed by atoms with Crippen molar-refractivity contribution in [2.45, 2.75) is 13.8 Å². The maximum atomic E-state index is 12.8. The number of aryl methyl sites for hydroxylation is 2. The lowest BCUT2D eigenvalue weighted by Crippen LogP contribution is -2.30. The highest BCUT2D eigenvalue weighted by atomic mass is 35.5. The number of carbonyl (C=O) groups is 2. The zero-order valence-corrected chi connectivity index (χ0v) is 17.1. The molecule has 0 saturated carbocycles. The van der Waals surface area contributed by atoms with Crippen molar-refractivity contribution < 1.29 is 9.59 Å². The first-order valence-corrected chi connectivity index (χ1v) is 9.60. The fourth-order valence-corrected chi connectivity index (χ4v) is 3.79. The van der Waals surface area contributed by atoms with Crippen molar-refractivity contribution in [2.75, 3.05) is 30.4 Å². The van der Waals surface area contributed by atoms with E-state index < -0.39 is 0 Å². The molecule has 0 aliphatic carbocycles. The molecular formula is C21H20ClN5O2. The van der Waals surface area contributed by atoms with Gasteiger partial charge >= 0.3 is 6.03 Å². The summed E-state index contributed by atoms with van der Waals surface area (Å²) >= 11 is 6.13. The molecule has 3 aromatic rings. The molecule has 2 aromatic heterocycles. The molecule has 4 rings (SSSR count). The van der Waals surface area contributed by atoms with Gasteiger partial charge in [0.25, 0.3) is 5.91 Å². The highest BCUT2D eigenvalue weighted by Crippen LogP contribution is 2.34. The average Bonchev–Trinajstić information content (AvgIpc) is 3.00. The van der Waals surface area contributed by atoms with Crippen LogP contribution < -0.4 is 10.2 Å². The highest BCUT2D eigenvalue weighted by Gasteiger charge is 2.29. The molecular weight excluding hydrogens is 390 g/mol. The minimum Gasteiger partial charge on any atom is -0.326 e. The van der Waals surface area contributed by atoms with Gasteiger partial charge in [0.05, 0.1) is 22.5 Å². The standard InChI is InChI=1S/C21H20ClN5O2/c1-12-11-23-17-14(18(12)27-10-9-26(3)21(27)29)5-4-6-16(17)25-20(28)15-8-7-13(2)24-19(15)22/h4-8,11H,9-10H2,1-3H3,(H,25,28). The Balaban J connectivity index is 1.76. The molecule has 1 aliphatic heterocycles. The topological polar surface area (TPSA) is 78.4 Å². The Morgan fingerprint density at radius 1 is 1.17 bits per heavy atom. The number of likely N-dealkylation sites (N-methyl/N-ethyl adjacent to an activating group) is 1. The largest absolute Gasteiger partial charge is 0.326 e. The van der Waals surface area contributed by atoms with Crippen LogP contribution in [0.3, 0.4) is 0 Å². The average molecular weight is 410 g/mol. The van der Waals surface area contributed by atoms with Gasteiger partial charge in [0.15, 0.2) is 0 Å². The second-order valence-electron chi connectivity index (χ2n) is 7.09. The van der Waals surface area contributed by atoms with Crippen LogP contribution in [0.5, 0.6) is 0 Å². The first kappa shape index (κ1) is 19.1. The van der Waals surface area contributed by atoms with Gasteiger partial charge in [-0.15, -0.1) is 0 Å². The lowest BCUT2D eigenvalue weighted by atomic mass is 10.1. The molecule has 0 spiro atoms. The summed E-state index contributed by atoms with van der Waals surface area (Å²) in [6.45, 7) is 5.01. The zero-order chi connectivity index (χ0) is 20.7. The van der Waals surface area contributed by atoms with E-state index in [0.717, 1.165) is 22.3 Å². The van der Waals surface area contributed by atoms with Gasteiger partial charge in [0, 0.05) is 37.4 Å². The number of carbonyl (C=O) groups excluding carboxylic acids is 2. The van der Waals surface area contributed by atoms with E-state index in [1.165, 1.54) is 0 Å². The molecule has 29 heavy (non-hydrogen) atoms. The van der Waals surface area contributed by atoms with Crippen LogP contribution in [0.15, 0.2) is 36.5 Å². The van der Waals surface area contributed by atoms with E-state index in [9.17, 15) is 9.59 Å². The molecule has 148 valence electrons. The minimum atomic E-state index is -0.365. The molecule has 3 amide bonds. The number of halogens is 1. The van der Waals surface area contributed by atoms with Crippen LogP contribution in [-0.2, 0) is 0 Å². The third kappa shape index (κ3) is 3.38. The number of amides is 3. The van der Waals surface area contributed by atoms with E-state index in [1.54, 1.807) is 41.2 Å². The quantitative estimate of drug-likeness (QED) is 0.662. The molecule has 0 unspecified atom stereocenters. The second-order valence-corrected chi connectivity index (χ2v) is 7.45. The van der Waals surface area contributed by atoms with Crippen LogP contribution in [0.4, 0.5) is 16.2 Å². The number of aromatic nitrogens is 2. The van der Waals surface area contributed by atoms with Gasteiger partial charge in [0.1, 0.15) is 5.15 Å². The molecule has 1 N–H and O–H groups in total. The van der Waals surface area contributed by atoms with Crippen LogP contribution in [0.25, 0.3) is 10.9 Å². The predicted molar refractivity (Wildman–Crippen MR) is 114 cm³/mol. The number of pyridine rings is 2.